The van der Waals surface area contributed by atoms with Gasteiger partial charge in [0, 0.05) is 54.4 Å². The average Bonchev–Trinajstić information content (AvgIpc) is 3.66. The molecule has 2 N–H and O–H groups in total. The van der Waals surface area contributed by atoms with E-state index in [0.717, 1.165) is 0 Å². The molecule has 0 aliphatic carbocycles. The highest BCUT2D eigenvalue weighted by Gasteiger charge is 2.44. The molecule has 3 aliphatic rings. The van der Waals surface area contributed by atoms with E-state index in [4.69, 9.17) is 9.73 Å². The number of aliphatic imine (C=N–C) groups is 1. The van der Waals surface area contributed by atoms with Gasteiger partial charge < -0.3 is 20.1 Å². The van der Waals surface area contributed by atoms with Crippen LogP contribution in [0.15, 0.2) is 64.2 Å². The summed E-state index contributed by atoms with van der Waals surface area (Å²) in [6.07, 6.45) is 2.33. The van der Waals surface area contributed by atoms with Gasteiger partial charge in [-0.25, -0.2) is 19.0 Å². The van der Waals surface area contributed by atoms with E-state index in [2.05, 4.69) is 15.2 Å². The molecule has 0 bridgehead atoms. The number of amidine groups is 1. The lowest BCUT2D eigenvalue weighted by atomic mass is 9.87. The fourth-order valence-corrected chi connectivity index (χ4v) is 7.15. The normalized spacial score (nSPS) is 21.8. The van der Waals surface area contributed by atoms with E-state index in [9.17, 15) is 23.9 Å². The average molecular weight is 632 g/mol. The molecule has 6 rings (SSSR count). The number of piperidine rings is 1. The van der Waals surface area contributed by atoms with Crippen LogP contribution >= 0.6 is 11.3 Å². The van der Waals surface area contributed by atoms with Crippen molar-refractivity contribution in [3.05, 3.63) is 92.3 Å². The zero-order chi connectivity index (χ0) is 31.8. The summed E-state index contributed by atoms with van der Waals surface area (Å²) >= 11 is 1.41. The monoisotopic (exact) mass is 631 g/mol. The summed E-state index contributed by atoms with van der Waals surface area (Å²) in [7, 11) is 0. The lowest BCUT2D eigenvalue weighted by Crippen LogP contribution is -2.45. The SMILES string of the molecule is CCOC(=O)C1=C(CN2CC[C@@H]3C(=O)N(c4ccc(C(=O)O)c(C)c4)C[C@@H]3C2)NC(c2nccs2)=NC1c1cccc(F)c1C. The number of ether oxygens (including phenoxy) is 1. The number of nitrogens with one attached hydrogen (secondary N) is 1. The zero-order valence-electron chi connectivity index (χ0n) is 25.2. The molecule has 3 aromatic rings. The number of benzene rings is 2. The Balaban J connectivity index is 1.30. The third-order valence-corrected chi connectivity index (χ3v) is 9.59. The summed E-state index contributed by atoms with van der Waals surface area (Å²) in [4.78, 5) is 51.8. The Morgan fingerprint density at radius 1 is 1.20 bits per heavy atom. The predicted octanol–water partition coefficient (Wildman–Crippen LogP) is 4.49. The van der Waals surface area contributed by atoms with E-state index in [1.165, 1.54) is 17.4 Å². The minimum atomic E-state index is -0.998. The minimum absolute atomic E-state index is 0.0455. The first-order chi connectivity index (χ1) is 21.7. The third-order valence-electron chi connectivity index (χ3n) is 8.81. The second kappa shape index (κ2) is 12.5. The van der Waals surface area contributed by atoms with Gasteiger partial charge in [-0.05, 0) is 74.7 Å². The van der Waals surface area contributed by atoms with Crippen molar-refractivity contribution in [1.29, 1.82) is 0 Å². The Bertz CT molecular complexity index is 1720. The van der Waals surface area contributed by atoms with Crippen LogP contribution in [0.1, 0.15) is 51.4 Å². The number of nitrogens with zero attached hydrogens (tertiary/aromatic N) is 4. The number of rotatable bonds is 8. The first-order valence-electron chi connectivity index (χ1n) is 14.9. The van der Waals surface area contributed by atoms with Crippen molar-refractivity contribution in [3.63, 3.8) is 0 Å². The number of hydrogen-bond acceptors (Lipinski definition) is 9. The maximum atomic E-state index is 14.8. The Morgan fingerprint density at radius 2 is 2.02 bits per heavy atom. The smallest absolute Gasteiger partial charge is 0.338 e. The number of halogens is 1. The summed E-state index contributed by atoms with van der Waals surface area (Å²) in [6, 6.07) is 8.98. The molecule has 2 aromatic carbocycles. The number of aryl methyl sites for hydroxylation is 1. The van der Waals surface area contributed by atoms with Crippen LogP contribution < -0.4 is 10.2 Å². The number of carbonyl (C=O) groups excluding carboxylic acids is 2. The Kier molecular flexibility index (Phi) is 8.52. The maximum absolute atomic E-state index is 14.8. The van der Waals surface area contributed by atoms with Crippen molar-refractivity contribution >= 4 is 40.7 Å². The predicted molar refractivity (Wildman–Crippen MR) is 168 cm³/mol. The van der Waals surface area contributed by atoms with Crippen LogP contribution in [0.2, 0.25) is 0 Å². The molecule has 0 saturated carbocycles. The van der Waals surface area contributed by atoms with Crippen molar-refractivity contribution < 1.29 is 28.6 Å². The molecule has 234 valence electrons. The van der Waals surface area contributed by atoms with Crippen LogP contribution in [0.3, 0.4) is 0 Å². The number of likely N-dealkylation sites (tertiary alicyclic amines) is 1. The summed E-state index contributed by atoms with van der Waals surface area (Å²) in [5.41, 5.74) is 3.44. The number of carbonyl (C=O) groups is 3. The maximum Gasteiger partial charge on any atom is 0.338 e. The summed E-state index contributed by atoms with van der Waals surface area (Å²) in [6.45, 7) is 7.46. The van der Waals surface area contributed by atoms with Gasteiger partial charge in [0.25, 0.3) is 0 Å². The minimum Gasteiger partial charge on any atom is -0.478 e. The molecule has 1 amide bonds. The van der Waals surface area contributed by atoms with Crippen molar-refractivity contribution in [2.45, 2.75) is 33.2 Å². The Labute approximate surface area is 264 Å². The van der Waals surface area contributed by atoms with Crippen LogP contribution in [0.5, 0.6) is 0 Å². The van der Waals surface area contributed by atoms with Gasteiger partial charge in [0.1, 0.15) is 11.9 Å². The van der Waals surface area contributed by atoms with E-state index in [1.54, 1.807) is 62.2 Å². The molecule has 3 aliphatic heterocycles. The second-order valence-corrected chi connectivity index (χ2v) is 12.4. The van der Waals surface area contributed by atoms with E-state index in [-0.39, 0.29) is 35.7 Å². The van der Waals surface area contributed by atoms with Crippen LogP contribution in [-0.2, 0) is 14.3 Å². The highest BCUT2D eigenvalue weighted by molar-refractivity contribution is 7.11. The van der Waals surface area contributed by atoms with Gasteiger partial charge in [0.15, 0.2) is 10.8 Å². The Hall–Kier alpha value is -4.42. The second-order valence-electron chi connectivity index (χ2n) is 11.6. The number of aromatic carboxylic acids is 1. The first kappa shape index (κ1) is 30.6. The molecule has 3 atom stereocenters. The number of esters is 1. The molecule has 2 fully saturated rings. The number of anilines is 1. The van der Waals surface area contributed by atoms with Crippen LogP contribution in [0, 0.1) is 31.5 Å². The van der Waals surface area contributed by atoms with Gasteiger partial charge in [-0.2, -0.15) is 0 Å². The lowest BCUT2D eigenvalue weighted by molar-refractivity contribution is -0.139. The Morgan fingerprint density at radius 3 is 2.73 bits per heavy atom. The number of carboxylic acid groups (broad SMARTS) is 1. The van der Waals surface area contributed by atoms with Crippen LogP contribution in [0.25, 0.3) is 0 Å². The molecule has 2 saturated heterocycles. The third kappa shape index (κ3) is 5.87. The first-order valence-corrected chi connectivity index (χ1v) is 15.8. The van der Waals surface area contributed by atoms with Gasteiger partial charge in [-0.15, -0.1) is 11.3 Å². The standard InChI is InChI=1S/C33H34FN5O5S/c1-4-44-33(43)27-26(36-29(30-35-11-13-45-30)37-28(27)23-6-5-7-25(34)19(23)3)17-38-12-10-24-20(15-38)16-39(31(24)40)21-8-9-22(32(41)42)18(2)14-21/h5-9,11,13-14,20,24,28H,4,10,12,15-17H2,1-3H3,(H,36,37)(H,41,42)/t20-,24-,28?/m0/s1. The van der Waals surface area contributed by atoms with Crippen molar-refractivity contribution in [2.75, 3.05) is 37.7 Å². The van der Waals surface area contributed by atoms with Gasteiger partial charge in [-0.1, -0.05) is 12.1 Å². The van der Waals surface area contributed by atoms with E-state index in [1.807, 2.05) is 5.38 Å². The van der Waals surface area contributed by atoms with Crippen LogP contribution in [0.4, 0.5) is 10.1 Å². The summed E-state index contributed by atoms with van der Waals surface area (Å²) < 4.78 is 20.3. The molecule has 10 nitrogen and oxygen atoms in total. The van der Waals surface area contributed by atoms with Gasteiger partial charge in [0.05, 0.1) is 17.7 Å². The molecule has 4 heterocycles. The molecule has 12 heteroatoms. The van der Waals surface area contributed by atoms with Gasteiger partial charge in [0.2, 0.25) is 5.91 Å². The number of carboxylic acids is 1. The topological polar surface area (TPSA) is 124 Å². The quantitative estimate of drug-likeness (QED) is 0.349. The molecular formula is C33H34FN5O5S. The van der Waals surface area contributed by atoms with Gasteiger partial charge >= 0.3 is 11.9 Å². The molecule has 45 heavy (non-hydrogen) atoms. The molecular weight excluding hydrogens is 597 g/mol. The van der Waals surface area contributed by atoms with Crippen molar-refractivity contribution in [2.24, 2.45) is 16.8 Å². The molecule has 0 spiro atoms. The van der Waals surface area contributed by atoms with Gasteiger partial charge in [-0.3, -0.25) is 14.7 Å². The molecule has 1 aromatic heterocycles. The summed E-state index contributed by atoms with van der Waals surface area (Å²) in [5, 5.41) is 15.3. The van der Waals surface area contributed by atoms with Crippen molar-refractivity contribution in [3.8, 4) is 0 Å². The summed E-state index contributed by atoms with van der Waals surface area (Å²) in [5.74, 6) is -1.45. The largest absolute Gasteiger partial charge is 0.478 e. The number of hydrogen-bond donors (Lipinski definition) is 2. The molecule has 0 radical (unpaired) electrons. The zero-order valence-corrected chi connectivity index (χ0v) is 26.1. The lowest BCUT2D eigenvalue weighted by Gasteiger charge is -2.36. The number of amides is 1. The number of aromatic nitrogens is 1. The van der Waals surface area contributed by atoms with Crippen LogP contribution in [-0.4, -0.2) is 71.5 Å². The van der Waals surface area contributed by atoms with E-state index < -0.39 is 18.0 Å². The highest BCUT2D eigenvalue weighted by Crippen LogP contribution is 2.38. The number of fused-ring (bicyclic) bond motifs is 1. The highest BCUT2D eigenvalue weighted by atomic mass is 32.1. The van der Waals surface area contributed by atoms with E-state index >= 15 is 0 Å². The fraction of sp³-hybridized carbons (Fsp3) is 0.364. The van der Waals surface area contributed by atoms with E-state index in [0.29, 0.717) is 77.1 Å². The van der Waals surface area contributed by atoms with Crippen molar-refractivity contribution in [1.82, 2.24) is 15.2 Å². The molecule has 1 unspecified atom stereocenters. The number of thiazole rings is 1. The fourth-order valence-electron chi connectivity index (χ4n) is 6.56.